The zero-order chi connectivity index (χ0) is 14.0. The second-order valence-electron chi connectivity index (χ2n) is 4.10. The Kier molecular flexibility index (Phi) is 3.21. The number of carbonyl (C=O) groups is 1. The highest BCUT2D eigenvalue weighted by molar-refractivity contribution is 6.09. The largest absolute Gasteiger partial charge is 0.382 e. The van der Waals surface area contributed by atoms with Crippen molar-refractivity contribution in [2.75, 3.05) is 17.7 Å². The number of nitrogens with zero attached hydrogens (tertiary/aromatic N) is 3. The molecule has 0 spiro atoms. The van der Waals surface area contributed by atoms with Crippen molar-refractivity contribution in [2.45, 2.75) is 6.92 Å². The van der Waals surface area contributed by atoms with Gasteiger partial charge in [-0.25, -0.2) is 0 Å². The molecule has 0 radical (unpaired) electrons. The third-order valence-corrected chi connectivity index (χ3v) is 2.88. The summed E-state index contributed by atoms with van der Waals surface area (Å²) in [5.74, 6) is -0.143. The second-order valence-corrected chi connectivity index (χ2v) is 4.10. The Morgan fingerprint density at radius 1 is 1.47 bits per heavy atom. The molecule has 2 rings (SSSR count). The normalized spacial score (nSPS) is 9.95. The molecule has 1 aromatic carbocycles. The van der Waals surface area contributed by atoms with Gasteiger partial charge in [0.15, 0.2) is 5.82 Å². The fraction of sp³-hybridized carbons (Fsp3) is 0.154. The average Bonchev–Trinajstić information content (AvgIpc) is 2.76. The summed E-state index contributed by atoms with van der Waals surface area (Å²) in [6, 6.07) is 8.94. The number of amides is 1. The quantitative estimate of drug-likeness (QED) is 0.848. The molecule has 1 aromatic heterocycles. The van der Waals surface area contributed by atoms with Crippen molar-refractivity contribution in [1.29, 1.82) is 5.26 Å². The maximum absolute atomic E-state index is 12.4. The Balaban J connectivity index is 2.43. The molecule has 0 aliphatic heterocycles. The van der Waals surface area contributed by atoms with Crippen molar-refractivity contribution in [3.8, 4) is 6.07 Å². The molecular weight excluding hydrogens is 242 g/mol. The van der Waals surface area contributed by atoms with Crippen LogP contribution < -0.4 is 10.6 Å². The fourth-order valence-corrected chi connectivity index (χ4v) is 1.86. The van der Waals surface area contributed by atoms with Crippen molar-refractivity contribution in [2.24, 2.45) is 0 Å². The van der Waals surface area contributed by atoms with E-state index in [1.165, 1.54) is 4.90 Å². The molecule has 0 saturated heterocycles. The Labute approximate surface area is 110 Å². The lowest BCUT2D eigenvalue weighted by Gasteiger charge is -2.18. The third-order valence-electron chi connectivity index (χ3n) is 2.88. The van der Waals surface area contributed by atoms with Gasteiger partial charge >= 0.3 is 0 Å². The van der Waals surface area contributed by atoms with Crippen LogP contribution in [0.25, 0.3) is 0 Å². The molecule has 0 aliphatic rings. The number of hydrogen-bond acceptors (Lipinski definition) is 4. The lowest BCUT2D eigenvalue weighted by Crippen LogP contribution is -2.28. The number of rotatable bonds is 2. The lowest BCUT2D eigenvalue weighted by atomic mass is 10.1. The summed E-state index contributed by atoms with van der Waals surface area (Å²) in [7, 11) is 1.60. The van der Waals surface area contributed by atoms with Gasteiger partial charge in [0.2, 0.25) is 0 Å². The number of hydrogen-bond donors (Lipinski definition) is 2. The van der Waals surface area contributed by atoms with Gasteiger partial charge in [0, 0.05) is 12.7 Å². The number of nitriles is 1. The summed E-state index contributed by atoms with van der Waals surface area (Å²) in [5.41, 5.74) is 7.57. The molecule has 6 heteroatoms. The van der Waals surface area contributed by atoms with Gasteiger partial charge in [-0.15, -0.1) is 0 Å². The van der Waals surface area contributed by atoms with E-state index >= 15 is 0 Å². The monoisotopic (exact) mass is 255 g/mol. The Morgan fingerprint density at radius 3 is 2.74 bits per heavy atom. The molecule has 0 fully saturated rings. The van der Waals surface area contributed by atoms with Crippen LogP contribution in [-0.4, -0.2) is 23.2 Å². The van der Waals surface area contributed by atoms with Crippen LogP contribution in [0.2, 0.25) is 0 Å². The molecule has 6 nitrogen and oxygen atoms in total. The smallest absolute Gasteiger partial charge is 0.263 e. The molecule has 0 atom stereocenters. The average molecular weight is 255 g/mol. The zero-order valence-electron chi connectivity index (χ0n) is 10.6. The first kappa shape index (κ1) is 12.6. The van der Waals surface area contributed by atoms with E-state index < -0.39 is 0 Å². The van der Waals surface area contributed by atoms with Crippen LogP contribution in [0.3, 0.4) is 0 Å². The first-order chi connectivity index (χ1) is 9.06. The number of aromatic amines is 1. The second kappa shape index (κ2) is 4.82. The molecule has 0 bridgehead atoms. The summed E-state index contributed by atoms with van der Waals surface area (Å²) < 4.78 is 0. The summed E-state index contributed by atoms with van der Waals surface area (Å²) in [4.78, 5) is 13.8. The standard InChI is InChI=1S/C13H13N5O/c1-8-11(12(15)17-16-8)13(19)18(2)10-6-4-3-5-9(10)7-14/h3-6H,1-2H3,(H3,15,16,17). The van der Waals surface area contributed by atoms with E-state index in [9.17, 15) is 4.79 Å². The first-order valence-corrected chi connectivity index (χ1v) is 5.64. The minimum Gasteiger partial charge on any atom is -0.382 e. The maximum Gasteiger partial charge on any atom is 0.263 e. The first-order valence-electron chi connectivity index (χ1n) is 5.64. The minimum atomic E-state index is -0.300. The van der Waals surface area contributed by atoms with E-state index in [4.69, 9.17) is 11.0 Å². The number of aromatic nitrogens is 2. The van der Waals surface area contributed by atoms with Crippen molar-refractivity contribution >= 4 is 17.4 Å². The number of carbonyl (C=O) groups excluding carboxylic acids is 1. The Morgan fingerprint density at radius 2 is 2.16 bits per heavy atom. The predicted molar refractivity (Wildman–Crippen MR) is 71.6 cm³/mol. The molecular formula is C13H13N5O. The number of benzene rings is 1. The topological polar surface area (TPSA) is 98.8 Å². The molecule has 1 heterocycles. The van der Waals surface area contributed by atoms with E-state index in [0.29, 0.717) is 22.5 Å². The van der Waals surface area contributed by atoms with Crippen LogP contribution in [0, 0.1) is 18.3 Å². The van der Waals surface area contributed by atoms with Crippen molar-refractivity contribution in [1.82, 2.24) is 10.2 Å². The number of para-hydroxylation sites is 1. The van der Waals surface area contributed by atoms with E-state index in [2.05, 4.69) is 16.3 Å². The molecule has 96 valence electrons. The number of anilines is 2. The summed E-state index contributed by atoms with van der Waals surface area (Å²) in [6.07, 6.45) is 0. The van der Waals surface area contributed by atoms with Crippen molar-refractivity contribution < 1.29 is 4.79 Å². The molecule has 2 aromatic rings. The van der Waals surface area contributed by atoms with Crippen LogP contribution in [0.5, 0.6) is 0 Å². The van der Waals surface area contributed by atoms with Gasteiger partial charge in [0.25, 0.3) is 5.91 Å². The van der Waals surface area contributed by atoms with Gasteiger partial charge in [-0.05, 0) is 19.1 Å². The molecule has 3 N–H and O–H groups in total. The van der Waals surface area contributed by atoms with Gasteiger partial charge in [-0.2, -0.15) is 10.4 Å². The summed E-state index contributed by atoms with van der Waals surface area (Å²) in [5, 5.41) is 15.5. The van der Waals surface area contributed by atoms with E-state index in [0.717, 1.165) is 0 Å². The Hall–Kier alpha value is -2.81. The number of nitrogens with one attached hydrogen (secondary N) is 1. The number of nitrogen functional groups attached to an aromatic ring is 1. The fourth-order valence-electron chi connectivity index (χ4n) is 1.86. The zero-order valence-corrected chi connectivity index (χ0v) is 10.6. The molecule has 0 unspecified atom stereocenters. The van der Waals surface area contributed by atoms with Gasteiger partial charge in [0.1, 0.15) is 11.6 Å². The summed E-state index contributed by atoms with van der Waals surface area (Å²) in [6.45, 7) is 1.72. The van der Waals surface area contributed by atoms with Crippen LogP contribution in [-0.2, 0) is 0 Å². The highest BCUT2D eigenvalue weighted by Crippen LogP contribution is 2.22. The van der Waals surface area contributed by atoms with Gasteiger partial charge in [-0.1, -0.05) is 12.1 Å². The number of nitrogens with two attached hydrogens (primary N) is 1. The molecule has 19 heavy (non-hydrogen) atoms. The van der Waals surface area contributed by atoms with Crippen LogP contribution in [0.15, 0.2) is 24.3 Å². The van der Waals surface area contributed by atoms with Crippen LogP contribution in [0.4, 0.5) is 11.5 Å². The molecule has 0 aliphatic carbocycles. The SMILES string of the molecule is Cc1[nH]nc(N)c1C(=O)N(C)c1ccccc1C#N. The van der Waals surface area contributed by atoms with E-state index in [1.54, 1.807) is 38.2 Å². The maximum atomic E-state index is 12.4. The van der Waals surface area contributed by atoms with E-state index in [-0.39, 0.29) is 11.7 Å². The van der Waals surface area contributed by atoms with Crippen LogP contribution in [0.1, 0.15) is 21.6 Å². The highest BCUT2D eigenvalue weighted by Gasteiger charge is 2.22. The molecule has 0 saturated carbocycles. The predicted octanol–water partition coefficient (Wildman–Crippen LogP) is 1.45. The highest BCUT2D eigenvalue weighted by atomic mass is 16.2. The van der Waals surface area contributed by atoms with E-state index in [1.807, 2.05) is 0 Å². The van der Waals surface area contributed by atoms with Crippen molar-refractivity contribution in [3.63, 3.8) is 0 Å². The number of H-pyrrole nitrogens is 1. The summed E-state index contributed by atoms with van der Waals surface area (Å²) >= 11 is 0. The van der Waals surface area contributed by atoms with Gasteiger partial charge in [-0.3, -0.25) is 9.89 Å². The van der Waals surface area contributed by atoms with Gasteiger partial charge in [0.05, 0.1) is 11.3 Å². The van der Waals surface area contributed by atoms with Crippen molar-refractivity contribution in [3.05, 3.63) is 41.1 Å². The van der Waals surface area contributed by atoms with Gasteiger partial charge < -0.3 is 10.6 Å². The minimum absolute atomic E-state index is 0.156. The number of aryl methyl sites for hydroxylation is 1. The van der Waals surface area contributed by atoms with Crippen LogP contribution >= 0.6 is 0 Å². The lowest BCUT2D eigenvalue weighted by molar-refractivity contribution is 0.0993. The Bertz CT molecular complexity index is 648. The molecule has 1 amide bonds. The third kappa shape index (κ3) is 2.13.